The van der Waals surface area contributed by atoms with Crippen LogP contribution in [-0.2, 0) is 6.42 Å². The first kappa shape index (κ1) is 13.4. The first-order valence-electron chi connectivity index (χ1n) is 7.54. The molecule has 1 fully saturated rings. The molecule has 1 amide bonds. The Balaban J connectivity index is 1.79. The van der Waals surface area contributed by atoms with Gasteiger partial charge in [0.2, 0.25) is 0 Å². The smallest absolute Gasteiger partial charge is 0.254 e. The van der Waals surface area contributed by atoms with Crippen molar-refractivity contribution in [2.45, 2.75) is 13.3 Å². The van der Waals surface area contributed by atoms with Crippen LogP contribution in [0.25, 0.3) is 0 Å². The Morgan fingerprint density at radius 2 is 1.90 bits per heavy atom. The van der Waals surface area contributed by atoms with E-state index >= 15 is 0 Å². The number of carbonyl (C=O) groups excluding carboxylic acids is 1. The predicted octanol–water partition coefficient (Wildman–Crippen LogP) is 1.46. The van der Waals surface area contributed by atoms with Gasteiger partial charge in [0.05, 0.1) is 0 Å². The Hall–Kier alpha value is -1.55. The van der Waals surface area contributed by atoms with Crippen molar-refractivity contribution in [2.24, 2.45) is 0 Å². The van der Waals surface area contributed by atoms with Gasteiger partial charge in [-0.1, -0.05) is 6.07 Å². The number of likely N-dealkylation sites (N-methyl/N-ethyl adjacent to an activating group) is 2. The van der Waals surface area contributed by atoms with Crippen LogP contribution in [0.1, 0.15) is 22.8 Å². The summed E-state index contributed by atoms with van der Waals surface area (Å²) in [5, 5.41) is 0. The van der Waals surface area contributed by atoms with E-state index in [-0.39, 0.29) is 5.91 Å². The van der Waals surface area contributed by atoms with Crippen LogP contribution in [0.4, 0.5) is 5.69 Å². The number of hydrogen-bond donors (Lipinski definition) is 0. The molecule has 1 saturated heterocycles. The van der Waals surface area contributed by atoms with Crippen LogP contribution in [0.2, 0.25) is 0 Å². The summed E-state index contributed by atoms with van der Waals surface area (Å²) in [6, 6.07) is 6.22. The van der Waals surface area contributed by atoms with Crippen LogP contribution in [0.3, 0.4) is 0 Å². The van der Waals surface area contributed by atoms with Gasteiger partial charge in [0.1, 0.15) is 0 Å². The maximum absolute atomic E-state index is 12.6. The standard InChI is InChI=1S/C16H23N3O/c1-3-18-7-6-13-4-5-14(12-15(13)18)16(20)19-10-8-17(2)9-11-19/h4-5,12H,3,6-11H2,1-2H3. The highest BCUT2D eigenvalue weighted by Gasteiger charge is 2.23. The first-order valence-corrected chi connectivity index (χ1v) is 7.54. The van der Waals surface area contributed by atoms with Gasteiger partial charge >= 0.3 is 0 Å². The van der Waals surface area contributed by atoms with E-state index in [2.05, 4.69) is 35.9 Å². The fourth-order valence-electron chi connectivity index (χ4n) is 3.10. The average molecular weight is 273 g/mol. The van der Waals surface area contributed by atoms with Crippen LogP contribution in [0.5, 0.6) is 0 Å². The van der Waals surface area contributed by atoms with Crippen molar-refractivity contribution in [1.29, 1.82) is 0 Å². The van der Waals surface area contributed by atoms with Crippen LogP contribution >= 0.6 is 0 Å². The van der Waals surface area contributed by atoms with Gasteiger partial charge < -0.3 is 14.7 Å². The molecule has 2 heterocycles. The minimum Gasteiger partial charge on any atom is -0.371 e. The third kappa shape index (κ3) is 2.40. The van der Waals surface area contributed by atoms with Crippen molar-refractivity contribution >= 4 is 11.6 Å². The SMILES string of the molecule is CCN1CCc2ccc(C(=O)N3CCN(C)CC3)cc21. The quantitative estimate of drug-likeness (QED) is 0.816. The largest absolute Gasteiger partial charge is 0.371 e. The molecule has 108 valence electrons. The number of benzene rings is 1. The van der Waals surface area contributed by atoms with Gasteiger partial charge in [0, 0.05) is 50.5 Å². The number of amides is 1. The number of anilines is 1. The van der Waals surface area contributed by atoms with E-state index in [4.69, 9.17) is 0 Å². The van der Waals surface area contributed by atoms with E-state index in [1.165, 1.54) is 11.3 Å². The van der Waals surface area contributed by atoms with Crippen molar-refractivity contribution in [2.75, 3.05) is 51.2 Å². The highest BCUT2D eigenvalue weighted by molar-refractivity contribution is 5.95. The van der Waals surface area contributed by atoms with Crippen molar-refractivity contribution in [3.8, 4) is 0 Å². The number of piperazine rings is 1. The number of hydrogen-bond acceptors (Lipinski definition) is 3. The van der Waals surface area contributed by atoms with Crippen molar-refractivity contribution < 1.29 is 4.79 Å². The second-order valence-corrected chi connectivity index (χ2v) is 5.77. The summed E-state index contributed by atoms with van der Waals surface area (Å²) in [6.45, 7) is 7.88. The fourth-order valence-corrected chi connectivity index (χ4v) is 3.10. The van der Waals surface area contributed by atoms with E-state index in [0.717, 1.165) is 51.3 Å². The molecule has 0 N–H and O–H groups in total. The van der Waals surface area contributed by atoms with E-state index in [1.54, 1.807) is 0 Å². The summed E-state index contributed by atoms with van der Waals surface area (Å²) in [4.78, 5) is 19.2. The molecule has 1 aromatic carbocycles. The third-order valence-electron chi connectivity index (χ3n) is 4.50. The van der Waals surface area contributed by atoms with Crippen LogP contribution in [0.15, 0.2) is 18.2 Å². The first-order chi connectivity index (χ1) is 9.69. The van der Waals surface area contributed by atoms with Gasteiger partial charge in [-0.3, -0.25) is 4.79 Å². The molecule has 0 spiro atoms. The Morgan fingerprint density at radius 3 is 2.60 bits per heavy atom. The normalized spacial score (nSPS) is 19.3. The van der Waals surface area contributed by atoms with Crippen LogP contribution in [0, 0.1) is 0 Å². The lowest BCUT2D eigenvalue weighted by atomic mass is 10.1. The van der Waals surface area contributed by atoms with Gasteiger partial charge in [-0.15, -0.1) is 0 Å². The molecule has 0 saturated carbocycles. The summed E-state index contributed by atoms with van der Waals surface area (Å²) in [7, 11) is 2.11. The van der Waals surface area contributed by atoms with Crippen molar-refractivity contribution in [1.82, 2.24) is 9.80 Å². The summed E-state index contributed by atoms with van der Waals surface area (Å²) in [5.41, 5.74) is 3.47. The van der Waals surface area contributed by atoms with Gasteiger partial charge in [0.15, 0.2) is 0 Å². The lowest BCUT2D eigenvalue weighted by Gasteiger charge is -2.32. The molecular weight excluding hydrogens is 250 g/mol. The fraction of sp³-hybridized carbons (Fsp3) is 0.562. The monoisotopic (exact) mass is 273 g/mol. The minimum absolute atomic E-state index is 0.184. The predicted molar refractivity (Wildman–Crippen MR) is 81.4 cm³/mol. The Bertz CT molecular complexity index is 506. The lowest BCUT2D eigenvalue weighted by molar-refractivity contribution is 0.0664. The topological polar surface area (TPSA) is 26.8 Å². The molecule has 0 bridgehead atoms. The molecule has 0 unspecified atom stereocenters. The third-order valence-corrected chi connectivity index (χ3v) is 4.50. The highest BCUT2D eigenvalue weighted by atomic mass is 16.2. The summed E-state index contributed by atoms with van der Waals surface area (Å²) in [6.07, 6.45) is 1.10. The maximum Gasteiger partial charge on any atom is 0.254 e. The molecule has 0 radical (unpaired) electrons. The van der Waals surface area contributed by atoms with E-state index in [9.17, 15) is 4.79 Å². The molecular formula is C16H23N3O. The van der Waals surface area contributed by atoms with Crippen LogP contribution < -0.4 is 4.90 Å². The molecule has 0 atom stereocenters. The molecule has 2 aliphatic heterocycles. The van der Waals surface area contributed by atoms with Gasteiger partial charge in [-0.05, 0) is 38.1 Å². The molecule has 3 rings (SSSR count). The molecule has 0 aliphatic carbocycles. The minimum atomic E-state index is 0.184. The Kier molecular flexibility index (Phi) is 3.66. The summed E-state index contributed by atoms with van der Waals surface area (Å²) in [5.74, 6) is 0.184. The molecule has 1 aromatic rings. The van der Waals surface area contributed by atoms with E-state index in [0.29, 0.717) is 0 Å². The zero-order valence-corrected chi connectivity index (χ0v) is 12.4. The Morgan fingerprint density at radius 1 is 1.15 bits per heavy atom. The maximum atomic E-state index is 12.6. The number of rotatable bonds is 2. The van der Waals surface area contributed by atoms with Gasteiger partial charge in [-0.25, -0.2) is 0 Å². The zero-order chi connectivity index (χ0) is 14.1. The van der Waals surface area contributed by atoms with Gasteiger partial charge in [0.25, 0.3) is 5.91 Å². The Labute approximate surface area is 121 Å². The average Bonchev–Trinajstić information content (AvgIpc) is 2.89. The van der Waals surface area contributed by atoms with Gasteiger partial charge in [-0.2, -0.15) is 0 Å². The highest BCUT2D eigenvalue weighted by Crippen LogP contribution is 2.29. The molecule has 4 heteroatoms. The second-order valence-electron chi connectivity index (χ2n) is 5.77. The van der Waals surface area contributed by atoms with E-state index < -0.39 is 0 Å². The number of nitrogens with zero attached hydrogens (tertiary/aromatic N) is 3. The molecule has 0 aromatic heterocycles. The number of fused-ring (bicyclic) bond motifs is 1. The molecule has 4 nitrogen and oxygen atoms in total. The zero-order valence-electron chi connectivity index (χ0n) is 12.4. The summed E-state index contributed by atoms with van der Waals surface area (Å²) >= 11 is 0. The summed E-state index contributed by atoms with van der Waals surface area (Å²) < 4.78 is 0. The molecule has 2 aliphatic rings. The lowest BCUT2D eigenvalue weighted by Crippen LogP contribution is -2.47. The number of carbonyl (C=O) groups is 1. The van der Waals surface area contributed by atoms with Crippen molar-refractivity contribution in [3.05, 3.63) is 29.3 Å². The van der Waals surface area contributed by atoms with Crippen molar-refractivity contribution in [3.63, 3.8) is 0 Å². The van der Waals surface area contributed by atoms with Crippen LogP contribution in [-0.4, -0.2) is 62.0 Å². The molecule has 20 heavy (non-hydrogen) atoms. The second kappa shape index (κ2) is 5.44. The van der Waals surface area contributed by atoms with E-state index in [1.807, 2.05) is 11.0 Å².